The number of benzene rings is 1. The van der Waals surface area contributed by atoms with Crippen LogP contribution in [0.4, 0.5) is 0 Å². The van der Waals surface area contributed by atoms with Crippen LogP contribution in [0.3, 0.4) is 0 Å². The number of oxazole rings is 1. The van der Waals surface area contributed by atoms with Gasteiger partial charge in [0.25, 0.3) is 0 Å². The molecule has 0 bridgehead atoms. The number of hydrogen-bond donors (Lipinski definition) is 1. The van der Waals surface area contributed by atoms with Gasteiger partial charge in [-0.15, -0.1) is 11.3 Å². The average Bonchev–Trinajstić information content (AvgIpc) is 3.22. The lowest BCUT2D eigenvalue weighted by molar-refractivity contribution is 0.338. The van der Waals surface area contributed by atoms with Crippen LogP contribution in [0, 0.1) is 0 Å². The summed E-state index contributed by atoms with van der Waals surface area (Å²) in [6.07, 6.45) is 5.10. The average molecular weight is 409 g/mol. The maximum atomic E-state index is 12.5. The summed E-state index contributed by atoms with van der Waals surface area (Å²) in [4.78, 5) is 5.08. The van der Waals surface area contributed by atoms with E-state index in [4.69, 9.17) is 16.0 Å². The molecule has 1 saturated carbocycles. The summed E-state index contributed by atoms with van der Waals surface area (Å²) in [5.74, 6) is 1.77. The van der Waals surface area contributed by atoms with Gasteiger partial charge in [0.15, 0.2) is 11.7 Å². The van der Waals surface area contributed by atoms with Crippen LogP contribution < -0.4 is 4.72 Å². The summed E-state index contributed by atoms with van der Waals surface area (Å²) >= 11 is 7.24. The Balaban J connectivity index is 1.49. The molecule has 2 heterocycles. The molecule has 0 unspecified atom stereocenters. The van der Waals surface area contributed by atoms with Gasteiger partial charge in [-0.1, -0.05) is 36.2 Å². The standard InChI is InChI=1S/C18H17ClN2O3S2/c19-14-7-2-1-4-13(14)10-21-26(22,23)17-9-8-16(25-17)15-11-20-18(24-15)12-5-3-6-12/h1-2,4,7-9,11-12,21H,3,5-6,10H2. The van der Waals surface area contributed by atoms with Gasteiger partial charge in [-0.3, -0.25) is 0 Å². The van der Waals surface area contributed by atoms with Crippen LogP contribution in [0.2, 0.25) is 5.02 Å². The van der Waals surface area contributed by atoms with Crippen LogP contribution >= 0.6 is 22.9 Å². The summed E-state index contributed by atoms with van der Waals surface area (Å²) in [5.41, 5.74) is 0.731. The van der Waals surface area contributed by atoms with Gasteiger partial charge in [0, 0.05) is 17.5 Å². The lowest BCUT2D eigenvalue weighted by Crippen LogP contribution is -2.22. The fourth-order valence-corrected chi connectivity index (χ4v) is 5.23. The zero-order valence-corrected chi connectivity index (χ0v) is 16.2. The maximum Gasteiger partial charge on any atom is 0.250 e. The summed E-state index contributed by atoms with van der Waals surface area (Å²) in [6.45, 7) is 0.142. The van der Waals surface area contributed by atoms with Crippen molar-refractivity contribution in [3.05, 3.63) is 59.1 Å². The number of rotatable bonds is 6. The molecular weight excluding hydrogens is 392 g/mol. The van der Waals surface area contributed by atoms with Crippen LogP contribution in [0.25, 0.3) is 10.6 Å². The third-order valence-electron chi connectivity index (χ3n) is 4.48. The Morgan fingerprint density at radius 3 is 2.77 bits per heavy atom. The second-order valence-corrected chi connectivity index (χ2v) is 9.71. The molecule has 0 aliphatic heterocycles. The lowest BCUT2D eigenvalue weighted by atomic mass is 9.85. The predicted molar refractivity (Wildman–Crippen MR) is 102 cm³/mol. The fraction of sp³-hybridized carbons (Fsp3) is 0.278. The SMILES string of the molecule is O=S(=O)(NCc1ccccc1Cl)c1ccc(-c2cnc(C3CCC3)o2)s1. The van der Waals surface area contributed by atoms with Crippen molar-refractivity contribution in [1.29, 1.82) is 0 Å². The highest BCUT2D eigenvalue weighted by Gasteiger charge is 2.25. The Morgan fingerprint density at radius 1 is 1.23 bits per heavy atom. The number of aromatic nitrogens is 1. The zero-order valence-electron chi connectivity index (χ0n) is 13.8. The highest BCUT2D eigenvalue weighted by Crippen LogP contribution is 2.38. The minimum absolute atomic E-state index is 0.142. The van der Waals surface area contributed by atoms with E-state index in [1.54, 1.807) is 36.5 Å². The quantitative estimate of drug-likeness (QED) is 0.635. The van der Waals surface area contributed by atoms with Crippen LogP contribution in [-0.2, 0) is 16.6 Å². The first-order valence-corrected chi connectivity index (χ1v) is 11.0. The number of nitrogens with one attached hydrogen (secondary N) is 1. The number of nitrogens with zero attached hydrogens (tertiary/aromatic N) is 1. The first kappa shape index (κ1) is 17.7. The largest absolute Gasteiger partial charge is 0.440 e. The minimum atomic E-state index is -3.62. The molecule has 8 heteroatoms. The normalized spacial score (nSPS) is 15.1. The van der Waals surface area contributed by atoms with Gasteiger partial charge in [0.1, 0.15) is 4.21 Å². The van der Waals surface area contributed by atoms with Crippen molar-refractivity contribution in [3.8, 4) is 10.6 Å². The molecule has 26 heavy (non-hydrogen) atoms. The van der Waals surface area contributed by atoms with E-state index in [1.165, 1.54) is 17.8 Å². The van der Waals surface area contributed by atoms with Crippen molar-refractivity contribution in [2.24, 2.45) is 0 Å². The molecule has 1 aromatic carbocycles. The van der Waals surface area contributed by atoms with Gasteiger partial charge in [0.2, 0.25) is 10.0 Å². The fourth-order valence-electron chi connectivity index (χ4n) is 2.73. The van der Waals surface area contributed by atoms with Crippen molar-refractivity contribution < 1.29 is 12.8 Å². The Hall–Kier alpha value is -1.67. The van der Waals surface area contributed by atoms with Crippen LogP contribution in [0.1, 0.15) is 36.6 Å². The van der Waals surface area contributed by atoms with Crippen molar-refractivity contribution in [1.82, 2.24) is 9.71 Å². The molecule has 5 nitrogen and oxygen atoms in total. The summed E-state index contributed by atoms with van der Waals surface area (Å²) in [7, 11) is -3.62. The lowest BCUT2D eigenvalue weighted by Gasteiger charge is -2.21. The van der Waals surface area contributed by atoms with E-state index < -0.39 is 10.0 Å². The smallest absolute Gasteiger partial charge is 0.250 e. The van der Waals surface area contributed by atoms with Crippen LogP contribution in [0.15, 0.2) is 51.2 Å². The van der Waals surface area contributed by atoms with E-state index in [-0.39, 0.29) is 10.8 Å². The summed E-state index contributed by atoms with van der Waals surface area (Å²) in [5, 5.41) is 0.534. The molecule has 2 aromatic heterocycles. The van der Waals surface area contributed by atoms with Gasteiger partial charge in [-0.05, 0) is 36.6 Å². The molecule has 1 aliphatic carbocycles. The number of hydrogen-bond acceptors (Lipinski definition) is 5. The first-order valence-electron chi connectivity index (χ1n) is 8.32. The third-order valence-corrected chi connectivity index (χ3v) is 7.84. The monoisotopic (exact) mass is 408 g/mol. The maximum absolute atomic E-state index is 12.5. The zero-order chi connectivity index (χ0) is 18.1. The number of halogens is 1. The van der Waals surface area contributed by atoms with E-state index in [0.29, 0.717) is 16.7 Å². The van der Waals surface area contributed by atoms with Gasteiger partial charge in [-0.25, -0.2) is 18.1 Å². The first-order chi connectivity index (χ1) is 12.5. The van der Waals surface area contributed by atoms with Gasteiger partial charge < -0.3 is 4.42 Å². The second kappa shape index (κ2) is 7.15. The molecule has 1 aliphatic rings. The molecule has 0 amide bonds. The topological polar surface area (TPSA) is 72.2 Å². The molecule has 0 radical (unpaired) electrons. The van der Waals surface area contributed by atoms with Gasteiger partial charge in [-0.2, -0.15) is 0 Å². The van der Waals surface area contributed by atoms with Crippen molar-refractivity contribution in [3.63, 3.8) is 0 Å². The van der Waals surface area contributed by atoms with Crippen molar-refractivity contribution >= 4 is 33.0 Å². The van der Waals surface area contributed by atoms with Crippen LogP contribution in [0.5, 0.6) is 0 Å². The second-order valence-electron chi connectivity index (χ2n) is 6.23. The van der Waals surface area contributed by atoms with E-state index in [2.05, 4.69) is 9.71 Å². The predicted octanol–water partition coefficient (Wildman–Crippen LogP) is 4.80. The molecule has 1 fully saturated rings. The molecule has 1 N–H and O–H groups in total. The summed E-state index contributed by atoms with van der Waals surface area (Å²) < 4.78 is 33.7. The molecule has 136 valence electrons. The van der Waals surface area contributed by atoms with E-state index in [0.717, 1.165) is 29.2 Å². The molecule has 0 atom stereocenters. The van der Waals surface area contributed by atoms with E-state index in [9.17, 15) is 8.42 Å². The molecule has 0 spiro atoms. The Kier molecular flexibility index (Phi) is 4.88. The third kappa shape index (κ3) is 3.57. The Morgan fingerprint density at radius 2 is 2.04 bits per heavy atom. The summed E-state index contributed by atoms with van der Waals surface area (Å²) in [6, 6.07) is 10.5. The number of thiophene rings is 1. The molecule has 3 aromatic rings. The molecule has 0 saturated heterocycles. The highest BCUT2D eigenvalue weighted by atomic mass is 35.5. The van der Waals surface area contributed by atoms with E-state index >= 15 is 0 Å². The molecule has 4 rings (SSSR count). The van der Waals surface area contributed by atoms with Crippen molar-refractivity contribution in [2.75, 3.05) is 0 Å². The number of sulfonamides is 1. The Labute approximate surface area is 161 Å². The van der Waals surface area contributed by atoms with E-state index in [1.807, 2.05) is 6.07 Å². The van der Waals surface area contributed by atoms with Crippen molar-refractivity contribution in [2.45, 2.75) is 35.9 Å². The Bertz CT molecular complexity index is 1020. The van der Waals surface area contributed by atoms with Crippen LogP contribution in [-0.4, -0.2) is 13.4 Å². The molecular formula is C18H17ClN2O3S2. The highest BCUT2D eigenvalue weighted by molar-refractivity contribution is 7.91. The van der Waals surface area contributed by atoms with Gasteiger partial charge >= 0.3 is 0 Å². The van der Waals surface area contributed by atoms with Gasteiger partial charge in [0.05, 0.1) is 11.1 Å². The minimum Gasteiger partial charge on any atom is -0.440 e.